The lowest BCUT2D eigenvalue weighted by Crippen LogP contribution is -2.43. The van der Waals surface area contributed by atoms with Crippen LogP contribution < -0.4 is 5.32 Å². The number of sulfonamides is 1. The van der Waals surface area contributed by atoms with Gasteiger partial charge in [-0.25, -0.2) is 8.42 Å². The summed E-state index contributed by atoms with van der Waals surface area (Å²) in [5.74, 6) is -0.311. The lowest BCUT2D eigenvalue weighted by Gasteiger charge is -2.23. The minimum absolute atomic E-state index is 0.208. The van der Waals surface area contributed by atoms with Crippen molar-refractivity contribution in [3.05, 3.63) is 54.2 Å². The molecule has 140 valence electrons. The first-order valence-electron chi connectivity index (χ1n) is 8.78. The molecule has 1 amide bonds. The maximum atomic E-state index is 12.9. The summed E-state index contributed by atoms with van der Waals surface area (Å²) < 4.78 is 27.2. The lowest BCUT2D eigenvalue weighted by molar-refractivity contribution is -0.119. The molecule has 8 heteroatoms. The molecule has 0 aliphatic carbocycles. The molecule has 2 heterocycles. The number of carbonyl (C=O) groups excluding carboxylic acids is 1. The number of H-pyrrole nitrogens is 1. The topological polar surface area (TPSA) is 95.2 Å². The van der Waals surface area contributed by atoms with Crippen molar-refractivity contribution in [2.24, 2.45) is 0 Å². The fourth-order valence-corrected chi connectivity index (χ4v) is 5.15. The number of hydrogen-bond donors (Lipinski definition) is 2. The number of benzene rings is 2. The summed E-state index contributed by atoms with van der Waals surface area (Å²) in [6, 6.07) is 11.3. The van der Waals surface area contributed by atoms with Gasteiger partial charge in [0, 0.05) is 17.6 Å². The van der Waals surface area contributed by atoms with Crippen LogP contribution in [0.15, 0.2) is 53.6 Å². The number of nitrogens with zero attached hydrogens (tertiary/aromatic N) is 2. The van der Waals surface area contributed by atoms with E-state index >= 15 is 0 Å². The van der Waals surface area contributed by atoms with Crippen LogP contribution >= 0.6 is 0 Å². The van der Waals surface area contributed by atoms with Crippen molar-refractivity contribution in [1.82, 2.24) is 14.5 Å². The van der Waals surface area contributed by atoms with E-state index in [0.717, 1.165) is 16.5 Å². The second-order valence-corrected chi connectivity index (χ2v) is 8.59. The van der Waals surface area contributed by atoms with Crippen molar-refractivity contribution >= 4 is 32.5 Å². The first-order chi connectivity index (χ1) is 13.0. The predicted octanol–water partition coefficient (Wildman–Crippen LogP) is 2.66. The molecule has 2 aromatic carbocycles. The third kappa shape index (κ3) is 3.22. The minimum atomic E-state index is -3.70. The molecule has 3 aromatic rings. The third-order valence-corrected chi connectivity index (χ3v) is 6.82. The summed E-state index contributed by atoms with van der Waals surface area (Å²) in [6.07, 6.45) is 2.88. The van der Waals surface area contributed by atoms with Gasteiger partial charge in [0.05, 0.1) is 16.6 Å². The van der Waals surface area contributed by atoms with Gasteiger partial charge in [-0.15, -0.1) is 0 Å². The first-order valence-corrected chi connectivity index (χ1v) is 10.2. The lowest BCUT2D eigenvalue weighted by atomic mass is 10.1. The number of rotatable bonds is 4. The molecular weight excluding hydrogens is 364 g/mol. The van der Waals surface area contributed by atoms with Crippen molar-refractivity contribution in [3.8, 4) is 0 Å². The Kier molecular flexibility index (Phi) is 4.45. The number of nitrogens with one attached hydrogen (secondary N) is 2. The average molecular weight is 384 g/mol. The Morgan fingerprint density at radius 1 is 1.26 bits per heavy atom. The van der Waals surface area contributed by atoms with Crippen LogP contribution in [0.25, 0.3) is 10.9 Å². The highest BCUT2D eigenvalue weighted by molar-refractivity contribution is 7.89. The van der Waals surface area contributed by atoms with E-state index in [1.54, 1.807) is 36.5 Å². The van der Waals surface area contributed by atoms with Crippen LogP contribution in [0.3, 0.4) is 0 Å². The summed E-state index contributed by atoms with van der Waals surface area (Å²) >= 11 is 0. The summed E-state index contributed by atoms with van der Waals surface area (Å²) in [6.45, 7) is 2.24. The number of anilines is 1. The molecule has 27 heavy (non-hydrogen) atoms. The van der Waals surface area contributed by atoms with Crippen LogP contribution in [-0.2, 0) is 14.8 Å². The van der Waals surface area contributed by atoms with Crippen molar-refractivity contribution in [2.45, 2.75) is 30.7 Å². The van der Waals surface area contributed by atoms with Gasteiger partial charge >= 0.3 is 0 Å². The molecule has 1 saturated heterocycles. The van der Waals surface area contributed by atoms with Gasteiger partial charge in [0.1, 0.15) is 6.04 Å². The van der Waals surface area contributed by atoms with Crippen molar-refractivity contribution in [3.63, 3.8) is 0 Å². The fraction of sp³-hybridized carbons (Fsp3) is 0.263. The van der Waals surface area contributed by atoms with E-state index in [2.05, 4.69) is 15.5 Å². The smallest absolute Gasteiger partial charge is 0.243 e. The molecule has 0 bridgehead atoms. The Hall–Kier alpha value is -2.71. The van der Waals surface area contributed by atoms with Gasteiger partial charge in [0.15, 0.2) is 0 Å². The molecule has 1 aliphatic heterocycles. The maximum Gasteiger partial charge on any atom is 0.243 e. The van der Waals surface area contributed by atoms with E-state index < -0.39 is 16.1 Å². The molecule has 1 atom stereocenters. The number of fused-ring (bicyclic) bond motifs is 1. The quantitative estimate of drug-likeness (QED) is 0.723. The molecular formula is C19H20N4O3S. The highest BCUT2D eigenvalue weighted by Crippen LogP contribution is 2.28. The Labute approximate surface area is 157 Å². The van der Waals surface area contributed by atoms with Crippen LogP contribution in [0.1, 0.15) is 18.4 Å². The van der Waals surface area contributed by atoms with E-state index in [1.807, 2.05) is 19.1 Å². The molecule has 1 fully saturated rings. The van der Waals surface area contributed by atoms with Crippen LogP contribution in [0.4, 0.5) is 5.69 Å². The van der Waals surface area contributed by atoms with E-state index in [4.69, 9.17) is 0 Å². The monoisotopic (exact) mass is 384 g/mol. The Morgan fingerprint density at radius 3 is 2.81 bits per heavy atom. The zero-order chi connectivity index (χ0) is 19.0. The molecule has 1 unspecified atom stereocenters. The zero-order valence-electron chi connectivity index (χ0n) is 14.8. The van der Waals surface area contributed by atoms with Crippen molar-refractivity contribution in [2.75, 3.05) is 11.9 Å². The third-order valence-electron chi connectivity index (χ3n) is 4.90. The van der Waals surface area contributed by atoms with E-state index in [1.165, 1.54) is 4.31 Å². The van der Waals surface area contributed by atoms with Crippen molar-refractivity contribution < 1.29 is 13.2 Å². The van der Waals surface area contributed by atoms with Crippen molar-refractivity contribution in [1.29, 1.82) is 0 Å². The maximum absolute atomic E-state index is 12.9. The average Bonchev–Trinajstić information content (AvgIpc) is 3.32. The van der Waals surface area contributed by atoms with Crippen LogP contribution in [0.5, 0.6) is 0 Å². The summed E-state index contributed by atoms with van der Waals surface area (Å²) in [5, 5.41) is 10.7. The van der Waals surface area contributed by atoms with Crippen LogP contribution in [0.2, 0.25) is 0 Å². The highest BCUT2D eigenvalue weighted by Gasteiger charge is 2.39. The SMILES string of the molecule is Cc1cc2cn[nH]c2cc1NC(=O)C1CCCN1S(=O)(=O)c1ccccc1. The summed E-state index contributed by atoms with van der Waals surface area (Å²) in [4.78, 5) is 13.1. The molecule has 0 radical (unpaired) electrons. The Balaban J connectivity index is 1.60. The van der Waals surface area contributed by atoms with Gasteiger partial charge in [0.2, 0.25) is 15.9 Å². The number of aromatic amines is 1. The number of amides is 1. The Morgan fingerprint density at radius 2 is 2.04 bits per heavy atom. The fourth-order valence-electron chi connectivity index (χ4n) is 3.47. The second-order valence-electron chi connectivity index (χ2n) is 6.70. The standard InChI is InChI=1S/C19H20N4O3S/c1-13-10-14-12-20-22-17(14)11-16(13)21-19(24)18-8-5-9-23(18)27(25,26)15-6-3-2-4-7-15/h2-4,6-7,10-12,18H,5,8-9H2,1H3,(H,20,22)(H,21,24). The molecule has 1 aliphatic rings. The molecule has 0 saturated carbocycles. The van der Waals surface area contributed by atoms with E-state index in [0.29, 0.717) is 25.1 Å². The number of aromatic nitrogens is 2. The molecule has 2 N–H and O–H groups in total. The van der Waals surface area contributed by atoms with E-state index in [9.17, 15) is 13.2 Å². The normalized spacial score (nSPS) is 18.0. The minimum Gasteiger partial charge on any atom is -0.324 e. The summed E-state index contributed by atoms with van der Waals surface area (Å²) in [7, 11) is -3.70. The predicted molar refractivity (Wildman–Crippen MR) is 103 cm³/mol. The molecule has 0 spiro atoms. The van der Waals surface area contributed by atoms with Gasteiger partial charge in [0.25, 0.3) is 0 Å². The van der Waals surface area contributed by atoms with Crippen LogP contribution in [0, 0.1) is 6.92 Å². The second kappa shape index (κ2) is 6.79. The van der Waals surface area contributed by atoms with Gasteiger partial charge in [-0.05, 0) is 49.6 Å². The molecule has 4 rings (SSSR count). The van der Waals surface area contributed by atoms with Gasteiger partial charge < -0.3 is 5.32 Å². The largest absolute Gasteiger partial charge is 0.324 e. The van der Waals surface area contributed by atoms with Gasteiger partial charge in [-0.2, -0.15) is 9.40 Å². The van der Waals surface area contributed by atoms with E-state index in [-0.39, 0.29) is 10.8 Å². The summed E-state index contributed by atoms with van der Waals surface area (Å²) in [5.41, 5.74) is 2.37. The number of hydrogen-bond acceptors (Lipinski definition) is 4. The number of carbonyl (C=O) groups is 1. The van der Waals surface area contributed by atoms with Crippen LogP contribution in [-0.4, -0.2) is 41.4 Å². The Bertz CT molecular complexity index is 1090. The zero-order valence-corrected chi connectivity index (χ0v) is 15.7. The number of aryl methyl sites for hydroxylation is 1. The first kappa shape index (κ1) is 17.7. The highest BCUT2D eigenvalue weighted by atomic mass is 32.2. The molecule has 1 aromatic heterocycles. The van der Waals surface area contributed by atoms with Gasteiger partial charge in [-0.3, -0.25) is 9.89 Å². The van der Waals surface area contributed by atoms with Gasteiger partial charge in [-0.1, -0.05) is 18.2 Å². The molecule has 7 nitrogen and oxygen atoms in total.